The van der Waals surface area contributed by atoms with Gasteiger partial charge in [0.05, 0.1) is 12.1 Å². The Kier molecular flexibility index (Phi) is 5.15. The van der Waals surface area contributed by atoms with Crippen LogP contribution >= 0.6 is 11.6 Å². The minimum absolute atomic E-state index is 0.178. The van der Waals surface area contributed by atoms with Crippen molar-refractivity contribution in [2.75, 3.05) is 13.7 Å². The molecule has 0 aliphatic heterocycles. The number of halogens is 3. The molecule has 2 nitrogen and oxygen atoms in total. The number of methoxy groups -OCH3 is 1. The monoisotopic (exact) mass is 311 g/mol. The third kappa shape index (κ3) is 3.52. The summed E-state index contributed by atoms with van der Waals surface area (Å²) >= 11 is 6.06. The molecule has 0 aliphatic carbocycles. The summed E-state index contributed by atoms with van der Waals surface area (Å²) in [4.78, 5) is 0. The molecule has 0 aromatic heterocycles. The van der Waals surface area contributed by atoms with E-state index in [1.807, 2.05) is 13.0 Å². The zero-order chi connectivity index (χ0) is 15.4. The van der Waals surface area contributed by atoms with Crippen LogP contribution in [0.5, 0.6) is 5.75 Å². The second kappa shape index (κ2) is 6.87. The smallest absolute Gasteiger partial charge is 0.160 e. The molecule has 21 heavy (non-hydrogen) atoms. The molecule has 2 aromatic rings. The lowest BCUT2D eigenvalue weighted by atomic mass is 9.99. The van der Waals surface area contributed by atoms with E-state index in [1.165, 1.54) is 0 Å². The van der Waals surface area contributed by atoms with E-state index in [0.717, 1.165) is 29.8 Å². The normalized spacial score (nSPS) is 10.7. The predicted molar refractivity (Wildman–Crippen MR) is 80.7 cm³/mol. The Morgan fingerprint density at radius 2 is 1.81 bits per heavy atom. The van der Waals surface area contributed by atoms with Gasteiger partial charge in [0.25, 0.3) is 0 Å². The summed E-state index contributed by atoms with van der Waals surface area (Å²) in [5.41, 5.74) is 2.12. The second-order valence-electron chi connectivity index (χ2n) is 4.55. The molecule has 0 heterocycles. The second-order valence-corrected chi connectivity index (χ2v) is 4.96. The van der Waals surface area contributed by atoms with Gasteiger partial charge in [-0.2, -0.15) is 0 Å². The van der Waals surface area contributed by atoms with Crippen molar-refractivity contribution in [3.8, 4) is 16.9 Å². The minimum atomic E-state index is -0.953. The molecule has 0 fully saturated rings. The molecular formula is C16H16ClF2NO. The van der Waals surface area contributed by atoms with E-state index in [0.29, 0.717) is 17.9 Å². The van der Waals surface area contributed by atoms with Gasteiger partial charge < -0.3 is 10.1 Å². The van der Waals surface area contributed by atoms with Gasteiger partial charge in [0.1, 0.15) is 5.75 Å². The first kappa shape index (κ1) is 15.7. The highest BCUT2D eigenvalue weighted by molar-refractivity contribution is 6.33. The zero-order valence-electron chi connectivity index (χ0n) is 11.8. The standard InChI is InChI=1S/C16H16ClF2NO/c1-3-20-9-10-6-11(21-2)4-5-12(10)13-7-15(18)16(19)8-14(13)17/h4-8,20H,3,9H2,1-2H3. The summed E-state index contributed by atoms with van der Waals surface area (Å²) in [6.07, 6.45) is 0. The van der Waals surface area contributed by atoms with Gasteiger partial charge in [-0.05, 0) is 41.9 Å². The Hall–Kier alpha value is -1.65. The van der Waals surface area contributed by atoms with Crippen molar-refractivity contribution < 1.29 is 13.5 Å². The van der Waals surface area contributed by atoms with E-state index in [4.69, 9.17) is 16.3 Å². The van der Waals surface area contributed by atoms with Gasteiger partial charge in [0, 0.05) is 12.1 Å². The van der Waals surface area contributed by atoms with E-state index in [9.17, 15) is 8.78 Å². The van der Waals surface area contributed by atoms with Crippen LogP contribution in [-0.4, -0.2) is 13.7 Å². The van der Waals surface area contributed by atoms with Crippen LogP contribution in [0.1, 0.15) is 12.5 Å². The van der Waals surface area contributed by atoms with Crippen molar-refractivity contribution in [3.05, 3.63) is 52.6 Å². The first-order chi connectivity index (χ1) is 10.1. The molecular weight excluding hydrogens is 296 g/mol. The van der Waals surface area contributed by atoms with Gasteiger partial charge in [0.2, 0.25) is 0 Å². The Morgan fingerprint density at radius 3 is 2.48 bits per heavy atom. The van der Waals surface area contributed by atoms with Gasteiger partial charge in [-0.15, -0.1) is 0 Å². The number of rotatable bonds is 5. The third-order valence-corrected chi connectivity index (χ3v) is 3.49. The lowest BCUT2D eigenvalue weighted by molar-refractivity contribution is 0.414. The molecule has 0 saturated heterocycles. The van der Waals surface area contributed by atoms with Gasteiger partial charge in [-0.25, -0.2) is 8.78 Å². The van der Waals surface area contributed by atoms with Crippen molar-refractivity contribution >= 4 is 11.6 Å². The van der Waals surface area contributed by atoms with Gasteiger partial charge in [-0.1, -0.05) is 24.6 Å². The summed E-state index contributed by atoms with van der Waals surface area (Å²) in [6, 6.07) is 7.53. The van der Waals surface area contributed by atoms with Crippen molar-refractivity contribution in [1.82, 2.24) is 5.32 Å². The number of ether oxygens (including phenoxy) is 1. The fourth-order valence-electron chi connectivity index (χ4n) is 2.09. The lowest BCUT2D eigenvalue weighted by Gasteiger charge is -2.14. The number of benzene rings is 2. The highest BCUT2D eigenvalue weighted by atomic mass is 35.5. The Morgan fingerprint density at radius 1 is 1.10 bits per heavy atom. The van der Waals surface area contributed by atoms with E-state index < -0.39 is 11.6 Å². The van der Waals surface area contributed by atoms with E-state index in [2.05, 4.69) is 5.32 Å². The zero-order valence-corrected chi connectivity index (χ0v) is 12.6. The van der Waals surface area contributed by atoms with Crippen molar-refractivity contribution in [1.29, 1.82) is 0 Å². The Labute approximate surface area is 127 Å². The maximum absolute atomic E-state index is 13.5. The van der Waals surface area contributed by atoms with Gasteiger partial charge in [0.15, 0.2) is 11.6 Å². The van der Waals surface area contributed by atoms with Crippen LogP contribution in [0.25, 0.3) is 11.1 Å². The molecule has 0 atom stereocenters. The van der Waals surface area contributed by atoms with Crippen molar-refractivity contribution in [2.24, 2.45) is 0 Å². The largest absolute Gasteiger partial charge is 0.497 e. The molecule has 0 radical (unpaired) electrons. The molecule has 0 amide bonds. The van der Waals surface area contributed by atoms with Crippen LogP contribution in [-0.2, 0) is 6.54 Å². The summed E-state index contributed by atoms with van der Waals surface area (Å²) in [5, 5.41) is 3.38. The average Bonchev–Trinajstić information content (AvgIpc) is 2.48. The lowest BCUT2D eigenvalue weighted by Crippen LogP contribution is -2.12. The van der Waals surface area contributed by atoms with Crippen LogP contribution in [0.2, 0.25) is 5.02 Å². The molecule has 2 aromatic carbocycles. The van der Waals surface area contributed by atoms with Crippen LogP contribution < -0.4 is 10.1 Å². The third-order valence-electron chi connectivity index (χ3n) is 3.18. The van der Waals surface area contributed by atoms with Gasteiger partial charge >= 0.3 is 0 Å². The van der Waals surface area contributed by atoms with Crippen LogP contribution in [0.4, 0.5) is 8.78 Å². The molecule has 2 rings (SSSR count). The van der Waals surface area contributed by atoms with Crippen molar-refractivity contribution in [2.45, 2.75) is 13.5 Å². The molecule has 0 saturated carbocycles. The van der Waals surface area contributed by atoms with Crippen LogP contribution in [0.15, 0.2) is 30.3 Å². The summed E-state index contributed by atoms with van der Waals surface area (Å²) in [5.74, 6) is -1.17. The SMILES string of the molecule is CCNCc1cc(OC)ccc1-c1cc(F)c(F)cc1Cl. The van der Waals surface area contributed by atoms with Crippen LogP contribution in [0, 0.1) is 11.6 Å². The van der Waals surface area contributed by atoms with Crippen molar-refractivity contribution in [3.63, 3.8) is 0 Å². The van der Waals surface area contributed by atoms with E-state index >= 15 is 0 Å². The summed E-state index contributed by atoms with van der Waals surface area (Å²) < 4.78 is 31.9. The topological polar surface area (TPSA) is 21.3 Å². The molecule has 0 unspecified atom stereocenters. The Balaban J connectivity index is 2.54. The van der Waals surface area contributed by atoms with E-state index in [1.54, 1.807) is 19.2 Å². The average molecular weight is 312 g/mol. The minimum Gasteiger partial charge on any atom is -0.497 e. The molecule has 112 valence electrons. The molecule has 0 spiro atoms. The predicted octanol–water partition coefficient (Wildman–Crippen LogP) is 4.40. The molecule has 5 heteroatoms. The molecule has 0 aliphatic rings. The molecule has 1 N–H and O–H groups in total. The number of hydrogen-bond acceptors (Lipinski definition) is 2. The first-order valence-electron chi connectivity index (χ1n) is 6.59. The number of nitrogens with one attached hydrogen (secondary N) is 1. The molecule has 0 bridgehead atoms. The maximum Gasteiger partial charge on any atom is 0.160 e. The highest BCUT2D eigenvalue weighted by Crippen LogP contribution is 2.34. The number of hydrogen-bond donors (Lipinski definition) is 1. The quantitative estimate of drug-likeness (QED) is 0.826. The van der Waals surface area contributed by atoms with Gasteiger partial charge in [-0.3, -0.25) is 0 Å². The van der Waals surface area contributed by atoms with Crippen LogP contribution in [0.3, 0.4) is 0 Å². The summed E-state index contributed by atoms with van der Waals surface area (Å²) in [6.45, 7) is 3.37. The highest BCUT2D eigenvalue weighted by Gasteiger charge is 2.14. The fourth-order valence-corrected chi connectivity index (χ4v) is 2.35. The summed E-state index contributed by atoms with van der Waals surface area (Å²) in [7, 11) is 1.58. The fraction of sp³-hybridized carbons (Fsp3) is 0.250. The first-order valence-corrected chi connectivity index (χ1v) is 6.97. The van der Waals surface area contributed by atoms with E-state index in [-0.39, 0.29) is 5.02 Å². The Bertz CT molecular complexity index is 646. The maximum atomic E-state index is 13.5.